The van der Waals surface area contributed by atoms with Crippen molar-refractivity contribution in [2.45, 2.75) is 12.1 Å². The molecule has 0 aliphatic carbocycles. The highest BCUT2D eigenvalue weighted by atomic mass is 32.2. The number of aryl methyl sites for hydroxylation is 1. The number of carbonyl (C=O) groups is 1. The fraction of sp³-hybridized carbons (Fsp3) is 0.100. The van der Waals surface area contributed by atoms with Crippen LogP contribution in [0.3, 0.4) is 0 Å². The van der Waals surface area contributed by atoms with Crippen LogP contribution in [0.15, 0.2) is 64.2 Å². The molecule has 30 heavy (non-hydrogen) atoms. The SMILES string of the molecule is Cc1cc(NC(=O)CSc2nnc(-c3ccccc3[N+](=O)[O-])o2)c2ccccc2n1. The number of amides is 1. The number of nitrogens with zero attached hydrogens (tertiary/aromatic N) is 4. The Bertz CT molecular complexity index is 1260. The number of hydrogen-bond donors (Lipinski definition) is 1. The molecule has 0 unspecified atom stereocenters. The molecule has 4 aromatic rings. The molecule has 0 spiro atoms. The van der Waals surface area contributed by atoms with E-state index in [9.17, 15) is 14.9 Å². The number of nitro benzene ring substituents is 1. The van der Waals surface area contributed by atoms with Crippen molar-refractivity contribution in [1.82, 2.24) is 15.2 Å². The van der Waals surface area contributed by atoms with E-state index in [1.165, 1.54) is 12.1 Å². The number of thioether (sulfide) groups is 1. The number of pyridine rings is 1. The summed E-state index contributed by atoms with van der Waals surface area (Å²) in [6.07, 6.45) is 0. The molecule has 0 radical (unpaired) electrons. The van der Waals surface area contributed by atoms with E-state index in [2.05, 4.69) is 20.5 Å². The lowest BCUT2D eigenvalue weighted by Gasteiger charge is -2.09. The molecule has 1 N–H and O–H groups in total. The van der Waals surface area contributed by atoms with Gasteiger partial charge in [-0.05, 0) is 25.1 Å². The Labute approximate surface area is 174 Å². The summed E-state index contributed by atoms with van der Waals surface area (Å²) in [6.45, 7) is 1.86. The van der Waals surface area contributed by atoms with E-state index in [1.807, 2.05) is 37.3 Å². The number of carbonyl (C=O) groups excluding carboxylic acids is 1. The van der Waals surface area contributed by atoms with Crippen molar-refractivity contribution >= 4 is 39.9 Å². The molecule has 2 aromatic heterocycles. The van der Waals surface area contributed by atoms with Gasteiger partial charge in [0, 0.05) is 17.1 Å². The Balaban J connectivity index is 1.46. The quantitative estimate of drug-likeness (QED) is 0.279. The second kappa shape index (κ2) is 8.29. The third kappa shape index (κ3) is 4.13. The Hall–Kier alpha value is -3.79. The minimum atomic E-state index is -0.513. The lowest BCUT2D eigenvalue weighted by Crippen LogP contribution is -2.14. The van der Waals surface area contributed by atoms with Crippen LogP contribution < -0.4 is 5.32 Å². The number of para-hydroxylation sites is 2. The fourth-order valence-electron chi connectivity index (χ4n) is 2.92. The minimum Gasteiger partial charge on any atom is -0.411 e. The molecule has 0 saturated carbocycles. The normalized spacial score (nSPS) is 10.8. The standard InChI is InChI=1S/C20H15N5O4S/c1-12-10-16(13-6-2-4-8-15(13)21-12)22-18(26)11-30-20-24-23-19(29-20)14-7-3-5-9-17(14)25(27)28/h2-10H,11H2,1H3,(H,21,22,26). The monoisotopic (exact) mass is 421 g/mol. The van der Waals surface area contributed by atoms with Gasteiger partial charge in [0.05, 0.1) is 21.9 Å². The highest BCUT2D eigenvalue weighted by Gasteiger charge is 2.20. The van der Waals surface area contributed by atoms with E-state index in [-0.39, 0.29) is 34.0 Å². The smallest absolute Gasteiger partial charge is 0.282 e. The number of anilines is 1. The van der Waals surface area contributed by atoms with Gasteiger partial charge in [0.2, 0.25) is 5.91 Å². The number of hydrogen-bond acceptors (Lipinski definition) is 8. The summed E-state index contributed by atoms with van der Waals surface area (Å²) in [5.74, 6) is -0.184. The highest BCUT2D eigenvalue weighted by Crippen LogP contribution is 2.30. The second-order valence-electron chi connectivity index (χ2n) is 6.31. The van der Waals surface area contributed by atoms with E-state index in [0.717, 1.165) is 28.4 Å². The summed E-state index contributed by atoms with van der Waals surface area (Å²) < 4.78 is 5.50. The number of nitro groups is 1. The zero-order chi connectivity index (χ0) is 21.1. The lowest BCUT2D eigenvalue weighted by molar-refractivity contribution is -0.384. The predicted molar refractivity (Wildman–Crippen MR) is 112 cm³/mol. The van der Waals surface area contributed by atoms with E-state index < -0.39 is 4.92 Å². The third-order valence-corrected chi connectivity index (χ3v) is 5.00. The number of rotatable bonds is 6. The van der Waals surface area contributed by atoms with Crippen LogP contribution in [0.2, 0.25) is 0 Å². The Kier molecular flexibility index (Phi) is 5.40. The molecular weight excluding hydrogens is 406 g/mol. The molecule has 0 atom stereocenters. The molecule has 150 valence electrons. The van der Waals surface area contributed by atoms with Gasteiger partial charge >= 0.3 is 0 Å². The molecule has 0 bridgehead atoms. The van der Waals surface area contributed by atoms with Gasteiger partial charge in [0.25, 0.3) is 16.8 Å². The summed E-state index contributed by atoms with van der Waals surface area (Å²) in [5.41, 5.74) is 2.37. The molecule has 2 aromatic carbocycles. The second-order valence-corrected chi connectivity index (χ2v) is 7.24. The van der Waals surface area contributed by atoms with E-state index in [4.69, 9.17) is 4.42 Å². The van der Waals surface area contributed by atoms with Crippen molar-refractivity contribution in [1.29, 1.82) is 0 Å². The summed E-state index contributed by atoms with van der Waals surface area (Å²) in [6, 6.07) is 15.5. The van der Waals surface area contributed by atoms with Gasteiger partial charge < -0.3 is 9.73 Å². The van der Waals surface area contributed by atoms with Crippen molar-refractivity contribution in [3.63, 3.8) is 0 Å². The van der Waals surface area contributed by atoms with Crippen LogP contribution in [-0.2, 0) is 4.79 Å². The zero-order valence-corrected chi connectivity index (χ0v) is 16.5. The minimum absolute atomic E-state index is 0.0287. The topological polar surface area (TPSA) is 124 Å². The van der Waals surface area contributed by atoms with Crippen molar-refractivity contribution in [2.24, 2.45) is 0 Å². The third-order valence-electron chi connectivity index (χ3n) is 4.18. The molecule has 0 aliphatic rings. The van der Waals surface area contributed by atoms with Gasteiger partial charge in [-0.3, -0.25) is 19.9 Å². The van der Waals surface area contributed by atoms with Gasteiger partial charge in [-0.15, -0.1) is 10.2 Å². The van der Waals surface area contributed by atoms with Crippen LogP contribution in [-0.4, -0.2) is 31.8 Å². The molecule has 10 heteroatoms. The summed E-state index contributed by atoms with van der Waals surface area (Å²) >= 11 is 1.05. The molecule has 0 fully saturated rings. The van der Waals surface area contributed by atoms with Crippen LogP contribution in [0.5, 0.6) is 0 Å². The van der Waals surface area contributed by atoms with Crippen LogP contribution in [0.1, 0.15) is 5.69 Å². The number of aromatic nitrogens is 3. The Morgan fingerprint density at radius 3 is 2.77 bits per heavy atom. The molecule has 9 nitrogen and oxygen atoms in total. The van der Waals surface area contributed by atoms with Gasteiger partial charge in [-0.25, -0.2) is 0 Å². The maximum absolute atomic E-state index is 12.4. The van der Waals surface area contributed by atoms with Crippen LogP contribution >= 0.6 is 11.8 Å². The van der Waals surface area contributed by atoms with Gasteiger partial charge in [0.1, 0.15) is 5.56 Å². The van der Waals surface area contributed by atoms with Crippen molar-refractivity contribution in [2.75, 3.05) is 11.1 Å². The Morgan fingerprint density at radius 1 is 1.17 bits per heavy atom. The van der Waals surface area contributed by atoms with E-state index in [1.54, 1.807) is 12.1 Å². The highest BCUT2D eigenvalue weighted by molar-refractivity contribution is 7.99. The number of fused-ring (bicyclic) bond motifs is 1. The average Bonchev–Trinajstić information content (AvgIpc) is 3.21. The maximum Gasteiger partial charge on any atom is 0.282 e. The summed E-state index contributed by atoms with van der Waals surface area (Å²) in [5, 5.41) is 22.8. The number of benzene rings is 2. The van der Waals surface area contributed by atoms with Gasteiger partial charge in [-0.1, -0.05) is 42.1 Å². The van der Waals surface area contributed by atoms with Crippen molar-refractivity contribution in [3.05, 3.63) is 70.4 Å². The average molecular weight is 421 g/mol. The summed E-state index contributed by atoms with van der Waals surface area (Å²) in [4.78, 5) is 27.5. The first-order valence-corrected chi connectivity index (χ1v) is 9.86. The molecule has 0 aliphatic heterocycles. The van der Waals surface area contributed by atoms with Crippen molar-refractivity contribution in [3.8, 4) is 11.5 Å². The first kappa shape index (κ1) is 19.5. The van der Waals surface area contributed by atoms with Gasteiger partial charge in [-0.2, -0.15) is 0 Å². The molecule has 0 saturated heterocycles. The molecule has 2 heterocycles. The molecular formula is C20H15N5O4S. The Morgan fingerprint density at radius 2 is 1.93 bits per heavy atom. The van der Waals surface area contributed by atoms with E-state index in [0.29, 0.717) is 5.69 Å². The fourth-order valence-corrected chi connectivity index (χ4v) is 3.48. The zero-order valence-electron chi connectivity index (χ0n) is 15.7. The predicted octanol–water partition coefficient (Wildman–Crippen LogP) is 4.23. The molecule has 4 rings (SSSR count). The lowest BCUT2D eigenvalue weighted by atomic mass is 10.1. The van der Waals surface area contributed by atoms with Crippen LogP contribution in [0.25, 0.3) is 22.4 Å². The first-order chi connectivity index (χ1) is 14.5. The van der Waals surface area contributed by atoms with Crippen LogP contribution in [0.4, 0.5) is 11.4 Å². The maximum atomic E-state index is 12.4. The van der Waals surface area contributed by atoms with E-state index >= 15 is 0 Å². The van der Waals surface area contributed by atoms with Crippen molar-refractivity contribution < 1.29 is 14.1 Å². The molecule has 1 amide bonds. The largest absolute Gasteiger partial charge is 0.411 e. The van der Waals surface area contributed by atoms with Gasteiger partial charge in [0.15, 0.2) is 0 Å². The van der Waals surface area contributed by atoms with Crippen LogP contribution in [0, 0.1) is 17.0 Å². The summed E-state index contributed by atoms with van der Waals surface area (Å²) in [7, 11) is 0. The number of nitrogens with one attached hydrogen (secondary N) is 1. The first-order valence-electron chi connectivity index (χ1n) is 8.87.